The molecule has 0 bridgehead atoms. The van der Waals surface area contributed by atoms with Crippen molar-refractivity contribution < 1.29 is 19.5 Å². The summed E-state index contributed by atoms with van der Waals surface area (Å²) in [6, 6.07) is 13.2. The Morgan fingerprint density at radius 3 is 2.52 bits per heavy atom. The molecule has 7 heteroatoms. The van der Waals surface area contributed by atoms with Gasteiger partial charge < -0.3 is 10.4 Å². The highest BCUT2D eigenvalue weighted by Gasteiger charge is 2.41. The van der Waals surface area contributed by atoms with Crippen LogP contribution in [0, 0.1) is 6.92 Å². The molecule has 1 aliphatic rings. The average molecular weight is 356 g/mol. The highest BCUT2D eigenvalue weighted by atomic mass is 32.2. The molecule has 1 saturated heterocycles. The molecule has 25 heavy (non-hydrogen) atoms. The van der Waals surface area contributed by atoms with Crippen molar-refractivity contribution in [2.24, 2.45) is 0 Å². The number of nitrogens with zero attached hydrogens (tertiary/aromatic N) is 1. The van der Waals surface area contributed by atoms with E-state index in [-0.39, 0.29) is 29.2 Å². The maximum Gasteiger partial charge on any atom is 0.293 e. The Morgan fingerprint density at radius 1 is 1.16 bits per heavy atom. The maximum absolute atomic E-state index is 12.6. The van der Waals surface area contributed by atoms with Gasteiger partial charge in [0, 0.05) is 12.1 Å². The molecule has 128 valence electrons. The number of carbonyl (C=O) groups excluding carboxylic acids is 3. The number of phenolic OH excluding ortho intramolecular Hbond substituents is 1. The molecule has 1 aliphatic heterocycles. The lowest BCUT2D eigenvalue weighted by atomic mass is 10.1. The Hall–Kier alpha value is -2.80. The number of aryl methyl sites for hydroxylation is 1. The first kappa shape index (κ1) is 17.0. The summed E-state index contributed by atoms with van der Waals surface area (Å²) in [6.45, 7) is 1.82. The van der Waals surface area contributed by atoms with Crippen LogP contribution in [-0.4, -0.2) is 27.4 Å². The van der Waals surface area contributed by atoms with Gasteiger partial charge in [0.2, 0.25) is 11.8 Å². The lowest BCUT2D eigenvalue weighted by Gasteiger charge is -2.16. The van der Waals surface area contributed by atoms with Gasteiger partial charge in [-0.15, -0.1) is 0 Å². The van der Waals surface area contributed by atoms with E-state index < -0.39 is 5.25 Å². The minimum atomic E-state index is -0.746. The first-order valence-electron chi connectivity index (χ1n) is 7.65. The molecular formula is C18H16N2O4S. The van der Waals surface area contributed by atoms with Crippen LogP contribution in [0.25, 0.3) is 0 Å². The van der Waals surface area contributed by atoms with Gasteiger partial charge in [0.1, 0.15) is 11.0 Å². The maximum atomic E-state index is 12.6. The Morgan fingerprint density at radius 2 is 1.84 bits per heavy atom. The van der Waals surface area contributed by atoms with Gasteiger partial charge in [-0.2, -0.15) is 0 Å². The van der Waals surface area contributed by atoms with Crippen LogP contribution in [0.2, 0.25) is 0 Å². The summed E-state index contributed by atoms with van der Waals surface area (Å²) in [4.78, 5) is 38.1. The molecule has 2 aromatic rings. The van der Waals surface area contributed by atoms with E-state index in [0.29, 0.717) is 11.4 Å². The first-order valence-corrected chi connectivity index (χ1v) is 8.53. The lowest BCUT2D eigenvalue weighted by Crippen LogP contribution is -2.33. The molecule has 3 amide bonds. The molecule has 1 atom stereocenters. The summed E-state index contributed by atoms with van der Waals surface area (Å²) in [5.41, 5.74) is 1.88. The van der Waals surface area contributed by atoms with E-state index in [1.54, 1.807) is 24.3 Å². The van der Waals surface area contributed by atoms with Crippen molar-refractivity contribution >= 4 is 40.2 Å². The Balaban J connectivity index is 1.69. The van der Waals surface area contributed by atoms with Crippen LogP contribution in [0.4, 0.5) is 16.2 Å². The van der Waals surface area contributed by atoms with Gasteiger partial charge in [0.25, 0.3) is 5.24 Å². The van der Waals surface area contributed by atoms with Crippen LogP contribution in [0.5, 0.6) is 5.75 Å². The summed E-state index contributed by atoms with van der Waals surface area (Å²) in [5.74, 6) is -0.653. The summed E-state index contributed by atoms with van der Waals surface area (Å²) in [6.07, 6.45) is -0.0987. The van der Waals surface area contributed by atoms with Crippen LogP contribution in [-0.2, 0) is 9.59 Å². The Bertz CT molecular complexity index is 835. The second-order valence-corrected chi connectivity index (χ2v) is 6.79. The number of aromatic hydroxyl groups is 1. The first-order chi connectivity index (χ1) is 12.0. The molecule has 0 aliphatic carbocycles. The number of phenols is 1. The quantitative estimate of drug-likeness (QED) is 0.821. The second-order valence-electron chi connectivity index (χ2n) is 5.63. The van der Waals surface area contributed by atoms with Crippen molar-refractivity contribution in [3.05, 3.63) is 54.1 Å². The normalized spacial score (nSPS) is 17.0. The fraction of sp³-hybridized carbons (Fsp3) is 0.167. The molecule has 2 N–H and O–H groups in total. The van der Waals surface area contributed by atoms with Crippen LogP contribution in [0.3, 0.4) is 0 Å². The zero-order chi connectivity index (χ0) is 18.0. The monoisotopic (exact) mass is 356 g/mol. The molecule has 1 heterocycles. The topological polar surface area (TPSA) is 86.7 Å². The largest absolute Gasteiger partial charge is 0.508 e. The smallest absolute Gasteiger partial charge is 0.293 e. The molecule has 6 nitrogen and oxygen atoms in total. The number of thioether (sulfide) groups is 1. The van der Waals surface area contributed by atoms with Gasteiger partial charge in [-0.3, -0.25) is 14.4 Å². The van der Waals surface area contributed by atoms with Gasteiger partial charge in [0.15, 0.2) is 0 Å². The van der Waals surface area contributed by atoms with Crippen LogP contribution in [0.15, 0.2) is 48.5 Å². The molecule has 0 saturated carbocycles. The summed E-state index contributed by atoms with van der Waals surface area (Å²) >= 11 is 0.863. The Labute approximate surface area is 148 Å². The molecule has 0 spiro atoms. The van der Waals surface area contributed by atoms with Gasteiger partial charge in [0.05, 0.1) is 5.69 Å². The van der Waals surface area contributed by atoms with Crippen molar-refractivity contribution in [3.63, 3.8) is 0 Å². The van der Waals surface area contributed by atoms with Crippen LogP contribution >= 0.6 is 11.8 Å². The summed E-state index contributed by atoms with van der Waals surface area (Å²) in [7, 11) is 0. The van der Waals surface area contributed by atoms with Gasteiger partial charge in [-0.05, 0) is 54.6 Å². The van der Waals surface area contributed by atoms with E-state index in [2.05, 4.69) is 5.32 Å². The number of rotatable bonds is 4. The van der Waals surface area contributed by atoms with E-state index in [1.165, 1.54) is 12.1 Å². The third-order valence-corrected chi connectivity index (χ3v) is 4.84. The average Bonchev–Trinajstić information content (AvgIpc) is 2.84. The summed E-state index contributed by atoms with van der Waals surface area (Å²) < 4.78 is 0. The van der Waals surface area contributed by atoms with Crippen molar-refractivity contribution in [1.29, 1.82) is 0 Å². The number of imide groups is 1. The van der Waals surface area contributed by atoms with Crippen LogP contribution in [0.1, 0.15) is 12.0 Å². The minimum Gasteiger partial charge on any atom is -0.508 e. The number of hydrogen-bond donors (Lipinski definition) is 2. The number of anilines is 2. The van der Waals surface area contributed by atoms with E-state index in [9.17, 15) is 19.5 Å². The van der Waals surface area contributed by atoms with Gasteiger partial charge >= 0.3 is 0 Å². The number of benzene rings is 2. The van der Waals surface area contributed by atoms with E-state index in [0.717, 1.165) is 22.2 Å². The van der Waals surface area contributed by atoms with E-state index in [4.69, 9.17) is 0 Å². The standard InChI is InChI=1S/C18H16N2O4S/c1-11-4-2-3-5-14(11)20-17(23)15(25-18(20)24)10-16(22)19-12-6-8-13(21)9-7-12/h2-9,15,21H,10H2,1H3,(H,19,22). The van der Waals surface area contributed by atoms with Crippen molar-refractivity contribution in [2.45, 2.75) is 18.6 Å². The molecular weight excluding hydrogens is 340 g/mol. The molecule has 0 aromatic heterocycles. The van der Waals surface area contributed by atoms with E-state index >= 15 is 0 Å². The minimum absolute atomic E-state index is 0.0963. The number of para-hydroxylation sites is 1. The van der Waals surface area contributed by atoms with Crippen LogP contribution < -0.4 is 10.2 Å². The van der Waals surface area contributed by atoms with Gasteiger partial charge in [-0.25, -0.2) is 4.90 Å². The zero-order valence-electron chi connectivity index (χ0n) is 13.4. The molecule has 3 rings (SSSR count). The Kier molecular flexibility index (Phi) is 4.76. The van der Waals surface area contributed by atoms with Crippen molar-refractivity contribution in [1.82, 2.24) is 0 Å². The number of nitrogens with one attached hydrogen (secondary N) is 1. The zero-order valence-corrected chi connectivity index (χ0v) is 14.2. The molecule has 0 radical (unpaired) electrons. The fourth-order valence-electron chi connectivity index (χ4n) is 2.54. The van der Waals surface area contributed by atoms with Crippen molar-refractivity contribution in [2.75, 3.05) is 10.2 Å². The SMILES string of the molecule is Cc1ccccc1N1C(=O)SC(CC(=O)Nc2ccc(O)cc2)C1=O. The highest BCUT2D eigenvalue weighted by molar-refractivity contribution is 8.15. The number of carbonyl (C=O) groups is 3. The molecule has 2 aromatic carbocycles. The second kappa shape index (κ2) is 6.98. The lowest BCUT2D eigenvalue weighted by molar-refractivity contribution is -0.121. The summed E-state index contributed by atoms with van der Waals surface area (Å²) in [5, 5.41) is 10.8. The molecule has 1 unspecified atom stereocenters. The van der Waals surface area contributed by atoms with Crippen molar-refractivity contribution in [3.8, 4) is 5.75 Å². The van der Waals surface area contributed by atoms with Gasteiger partial charge in [-0.1, -0.05) is 18.2 Å². The predicted octanol–water partition coefficient (Wildman–Crippen LogP) is 3.30. The van der Waals surface area contributed by atoms with E-state index in [1.807, 2.05) is 19.1 Å². The third-order valence-electron chi connectivity index (χ3n) is 3.80. The highest BCUT2D eigenvalue weighted by Crippen LogP contribution is 2.35. The fourth-order valence-corrected chi connectivity index (χ4v) is 3.52. The number of amides is 3. The molecule has 1 fully saturated rings. The predicted molar refractivity (Wildman–Crippen MR) is 96.8 cm³/mol. The number of hydrogen-bond acceptors (Lipinski definition) is 5. The third kappa shape index (κ3) is 3.66.